The van der Waals surface area contributed by atoms with E-state index in [1.165, 1.54) is 6.07 Å². The van der Waals surface area contributed by atoms with Gasteiger partial charge in [-0.2, -0.15) is 0 Å². The molecule has 0 radical (unpaired) electrons. The number of halogens is 1. The van der Waals surface area contributed by atoms with Crippen molar-refractivity contribution in [3.63, 3.8) is 0 Å². The zero-order valence-electron chi connectivity index (χ0n) is 9.94. The quantitative estimate of drug-likeness (QED) is 0.643. The minimum absolute atomic E-state index is 0.0266. The summed E-state index contributed by atoms with van der Waals surface area (Å²) in [7, 11) is 0. The Morgan fingerprint density at radius 3 is 2.72 bits per heavy atom. The first-order valence-corrected chi connectivity index (χ1v) is 6.03. The molecule has 0 fully saturated rings. The SMILES string of the molecule is Cc1cc(NCC(C)C(=O)O)c(Br)cc1[N+](=O)[O-]. The molecule has 0 aliphatic rings. The lowest BCUT2D eigenvalue weighted by atomic mass is 10.1. The molecule has 0 amide bonds. The normalized spacial score (nSPS) is 11.9. The van der Waals surface area contributed by atoms with E-state index in [0.717, 1.165) is 0 Å². The number of anilines is 1. The summed E-state index contributed by atoms with van der Waals surface area (Å²) < 4.78 is 0.539. The number of carboxylic acid groups (broad SMARTS) is 1. The third kappa shape index (κ3) is 3.43. The highest BCUT2D eigenvalue weighted by molar-refractivity contribution is 9.10. The molecule has 2 N–H and O–H groups in total. The van der Waals surface area contributed by atoms with Gasteiger partial charge in [0.15, 0.2) is 0 Å². The van der Waals surface area contributed by atoms with Gasteiger partial charge in [0, 0.05) is 28.3 Å². The number of nitrogens with zero attached hydrogens (tertiary/aromatic N) is 1. The maximum absolute atomic E-state index is 10.7. The molecule has 0 aliphatic carbocycles. The zero-order chi connectivity index (χ0) is 13.9. The van der Waals surface area contributed by atoms with Crippen molar-refractivity contribution in [1.29, 1.82) is 0 Å². The maximum Gasteiger partial charge on any atom is 0.308 e. The van der Waals surface area contributed by atoms with E-state index in [9.17, 15) is 14.9 Å². The van der Waals surface area contributed by atoms with Crippen molar-refractivity contribution in [1.82, 2.24) is 0 Å². The number of hydrogen-bond acceptors (Lipinski definition) is 4. The molecule has 0 saturated carbocycles. The van der Waals surface area contributed by atoms with Crippen molar-refractivity contribution in [2.45, 2.75) is 13.8 Å². The average Bonchev–Trinajstić information content (AvgIpc) is 2.28. The Kier molecular flexibility index (Phi) is 4.66. The van der Waals surface area contributed by atoms with Gasteiger partial charge in [-0.3, -0.25) is 14.9 Å². The second kappa shape index (κ2) is 5.81. The maximum atomic E-state index is 10.7. The van der Waals surface area contributed by atoms with E-state index in [1.807, 2.05) is 0 Å². The van der Waals surface area contributed by atoms with Gasteiger partial charge in [0.2, 0.25) is 0 Å². The third-order valence-electron chi connectivity index (χ3n) is 2.50. The van der Waals surface area contributed by atoms with Crippen molar-refractivity contribution in [2.75, 3.05) is 11.9 Å². The minimum atomic E-state index is -0.891. The zero-order valence-corrected chi connectivity index (χ0v) is 11.5. The van der Waals surface area contributed by atoms with E-state index in [2.05, 4.69) is 21.2 Å². The molecule has 0 saturated heterocycles. The molecule has 0 heterocycles. The largest absolute Gasteiger partial charge is 0.481 e. The van der Waals surface area contributed by atoms with Crippen LogP contribution < -0.4 is 5.32 Å². The number of carboxylic acids is 1. The molecule has 0 aromatic heterocycles. The van der Waals surface area contributed by atoms with Gasteiger partial charge >= 0.3 is 5.97 Å². The number of rotatable bonds is 5. The number of nitrogens with one attached hydrogen (secondary N) is 1. The summed E-state index contributed by atoms with van der Waals surface area (Å²) >= 11 is 3.22. The second-order valence-corrected chi connectivity index (χ2v) is 4.85. The Hall–Kier alpha value is -1.63. The predicted octanol–water partition coefficient (Wildman–Crippen LogP) is 2.80. The van der Waals surface area contributed by atoms with Gasteiger partial charge in [0.25, 0.3) is 5.69 Å². The van der Waals surface area contributed by atoms with Gasteiger partial charge in [0.05, 0.1) is 10.8 Å². The molecule has 18 heavy (non-hydrogen) atoms. The van der Waals surface area contributed by atoms with E-state index in [-0.39, 0.29) is 12.2 Å². The summed E-state index contributed by atoms with van der Waals surface area (Å²) in [5, 5.41) is 22.4. The topological polar surface area (TPSA) is 92.5 Å². The highest BCUT2D eigenvalue weighted by Crippen LogP contribution is 2.30. The number of nitro benzene ring substituents is 1. The molecule has 1 unspecified atom stereocenters. The van der Waals surface area contributed by atoms with Crippen LogP contribution in [0.2, 0.25) is 0 Å². The van der Waals surface area contributed by atoms with Gasteiger partial charge in [0.1, 0.15) is 0 Å². The molecule has 0 aliphatic heterocycles. The minimum Gasteiger partial charge on any atom is -0.481 e. The van der Waals surface area contributed by atoms with Crippen molar-refractivity contribution in [3.8, 4) is 0 Å². The third-order valence-corrected chi connectivity index (χ3v) is 3.16. The van der Waals surface area contributed by atoms with Crippen molar-refractivity contribution < 1.29 is 14.8 Å². The van der Waals surface area contributed by atoms with E-state index >= 15 is 0 Å². The van der Waals surface area contributed by atoms with Gasteiger partial charge in [-0.15, -0.1) is 0 Å². The first-order chi connectivity index (χ1) is 8.32. The molecular weight excluding hydrogens is 304 g/mol. The summed E-state index contributed by atoms with van der Waals surface area (Å²) in [5.41, 5.74) is 1.19. The lowest BCUT2D eigenvalue weighted by molar-refractivity contribution is -0.385. The molecular formula is C11H13BrN2O4. The number of nitro groups is 1. The molecule has 98 valence electrons. The van der Waals surface area contributed by atoms with Crippen LogP contribution in [0.1, 0.15) is 12.5 Å². The van der Waals surface area contributed by atoms with Gasteiger partial charge in [-0.05, 0) is 28.9 Å². The Morgan fingerprint density at radius 1 is 1.61 bits per heavy atom. The van der Waals surface area contributed by atoms with Crippen LogP contribution in [0.5, 0.6) is 0 Å². The standard InChI is InChI=1S/C11H13BrN2O4/c1-6-3-9(13-5-7(2)11(15)16)8(12)4-10(6)14(17)18/h3-4,7,13H,5H2,1-2H3,(H,15,16). The molecule has 1 aromatic carbocycles. The number of carbonyl (C=O) groups is 1. The summed E-state index contributed by atoms with van der Waals surface area (Å²) in [5.74, 6) is -1.43. The first-order valence-electron chi connectivity index (χ1n) is 5.24. The highest BCUT2D eigenvalue weighted by atomic mass is 79.9. The van der Waals surface area contributed by atoms with Crippen LogP contribution in [0, 0.1) is 23.0 Å². The molecule has 1 rings (SSSR count). The Bertz CT molecular complexity index is 490. The Labute approximate surface area is 112 Å². The van der Waals surface area contributed by atoms with Crippen LogP contribution in [0.25, 0.3) is 0 Å². The molecule has 6 nitrogen and oxygen atoms in total. The highest BCUT2D eigenvalue weighted by Gasteiger charge is 2.15. The monoisotopic (exact) mass is 316 g/mol. The lowest BCUT2D eigenvalue weighted by Crippen LogP contribution is -2.19. The number of benzene rings is 1. The molecule has 0 bridgehead atoms. The van der Waals surface area contributed by atoms with Crippen LogP contribution in [-0.4, -0.2) is 22.5 Å². The summed E-state index contributed by atoms with van der Waals surface area (Å²) in [6, 6.07) is 3.03. The smallest absolute Gasteiger partial charge is 0.308 e. The summed E-state index contributed by atoms with van der Waals surface area (Å²) in [6.07, 6.45) is 0. The average molecular weight is 317 g/mol. The van der Waals surface area contributed by atoms with Crippen molar-refractivity contribution >= 4 is 33.3 Å². The molecule has 1 atom stereocenters. The van der Waals surface area contributed by atoms with Gasteiger partial charge in [-0.1, -0.05) is 6.92 Å². The molecule has 0 spiro atoms. The van der Waals surface area contributed by atoms with Crippen LogP contribution in [0.3, 0.4) is 0 Å². The summed E-state index contributed by atoms with van der Waals surface area (Å²) in [6.45, 7) is 3.48. The van der Waals surface area contributed by atoms with Gasteiger partial charge in [-0.25, -0.2) is 0 Å². The fraction of sp³-hybridized carbons (Fsp3) is 0.364. The van der Waals surface area contributed by atoms with E-state index < -0.39 is 16.8 Å². The second-order valence-electron chi connectivity index (χ2n) is 4.00. The van der Waals surface area contributed by atoms with E-state index in [0.29, 0.717) is 15.7 Å². The number of aliphatic carboxylic acids is 1. The van der Waals surface area contributed by atoms with Crippen LogP contribution in [0.4, 0.5) is 11.4 Å². The fourth-order valence-corrected chi connectivity index (χ4v) is 1.83. The predicted molar refractivity (Wildman–Crippen MR) is 70.8 cm³/mol. The van der Waals surface area contributed by atoms with Gasteiger partial charge < -0.3 is 10.4 Å². The number of aryl methyl sites for hydroxylation is 1. The summed E-state index contributed by atoms with van der Waals surface area (Å²) in [4.78, 5) is 20.9. The molecule has 7 heteroatoms. The van der Waals surface area contributed by atoms with Crippen LogP contribution >= 0.6 is 15.9 Å². The number of hydrogen-bond donors (Lipinski definition) is 2. The van der Waals surface area contributed by atoms with Crippen molar-refractivity contribution in [2.24, 2.45) is 5.92 Å². The Balaban J connectivity index is 2.88. The molecule has 1 aromatic rings. The van der Waals surface area contributed by atoms with E-state index in [4.69, 9.17) is 5.11 Å². The Morgan fingerprint density at radius 2 is 2.22 bits per heavy atom. The van der Waals surface area contributed by atoms with Crippen molar-refractivity contribution in [3.05, 3.63) is 32.3 Å². The van der Waals surface area contributed by atoms with E-state index in [1.54, 1.807) is 19.9 Å². The first kappa shape index (κ1) is 14.4. The fourth-order valence-electron chi connectivity index (χ4n) is 1.35. The van der Waals surface area contributed by atoms with Crippen LogP contribution in [-0.2, 0) is 4.79 Å². The lowest BCUT2D eigenvalue weighted by Gasteiger charge is -2.12. The van der Waals surface area contributed by atoms with Crippen LogP contribution in [0.15, 0.2) is 16.6 Å².